The quantitative estimate of drug-likeness (QED) is 0.815. The molecule has 1 fully saturated rings. The smallest absolute Gasteiger partial charge is 0.255 e. The van der Waals surface area contributed by atoms with Crippen LogP contribution in [0.4, 0.5) is 0 Å². The van der Waals surface area contributed by atoms with Gasteiger partial charge in [0.25, 0.3) is 5.91 Å². The Hall–Kier alpha value is -1.36. The number of H-pyrrole nitrogens is 1. The molecule has 1 amide bonds. The van der Waals surface area contributed by atoms with Crippen molar-refractivity contribution in [2.24, 2.45) is 0 Å². The zero-order chi connectivity index (χ0) is 12.6. The first-order valence-corrected chi connectivity index (χ1v) is 5.90. The molecule has 5 heteroatoms. The van der Waals surface area contributed by atoms with Crippen LogP contribution in [0.1, 0.15) is 42.0 Å². The van der Waals surface area contributed by atoms with Gasteiger partial charge in [-0.25, -0.2) is 0 Å². The van der Waals surface area contributed by atoms with Gasteiger partial charge >= 0.3 is 0 Å². The molecule has 0 aromatic carbocycles. The summed E-state index contributed by atoms with van der Waals surface area (Å²) < 4.78 is 5.51. The molecule has 1 aliphatic heterocycles. The molecule has 2 atom stereocenters. The third kappa shape index (κ3) is 2.07. The summed E-state index contributed by atoms with van der Waals surface area (Å²) in [5, 5.41) is 9.93. The number of amides is 1. The normalized spacial score (nSPS) is 28.4. The Morgan fingerprint density at radius 2 is 2.29 bits per heavy atom. The molecule has 1 saturated heterocycles. The highest BCUT2D eigenvalue weighted by Gasteiger charge is 2.39. The van der Waals surface area contributed by atoms with Crippen LogP contribution in [0.25, 0.3) is 0 Å². The summed E-state index contributed by atoms with van der Waals surface area (Å²) in [5.41, 5.74) is 1.89. The molecular formula is C12H19N3O2. The van der Waals surface area contributed by atoms with Gasteiger partial charge in [-0.15, -0.1) is 0 Å². The lowest BCUT2D eigenvalue weighted by atomic mass is 9.94. The van der Waals surface area contributed by atoms with Crippen LogP contribution in [0, 0.1) is 13.8 Å². The van der Waals surface area contributed by atoms with Crippen LogP contribution < -0.4 is 5.32 Å². The van der Waals surface area contributed by atoms with E-state index in [2.05, 4.69) is 15.5 Å². The zero-order valence-corrected chi connectivity index (χ0v) is 10.8. The van der Waals surface area contributed by atoms with Gasteiger partial charge in [-0.3, -0.25) is 9.89 Å². The van der Waals surface area contributed by atoms with Gasteiger partial charge in [-0.05, 0) is 34.1 Å². The fourth-order valence-electron chi connectivity index (χ4n) is 2.21. The van der Waals surface area contributed by atoms with E-state index < -0.39 is 0 Å². The maximum absolute atomic E-state index is 12.2. The Morgan fingerprint density at radius 1 is 1.59 bits per heavy atom. The van der Waals surface area contributed by atoms with Crippen LogP contribution in [0.3, 0.4) is 0 Å². The Bertz CT molecular complexity index is 421. The Morgan fingerprint density at radius 3 is 2.76 bits per heavy atom. The number of carbonyl (C=O) groups excluding carboxylic acids is 1. The maximum atomic E-state index is 12.2. The summed E-state index contributed by atoms with van der Waals surface area (Å²) in [6.07, 6.45) is 0.884. The molecule has 2 rings (SSSR count). The Balaban J connectivity index is 2.17. The number of nitrogens with one attached hydrogen (secondary N) is 2. The molecule has 0 bridgehead atoms. The van der Waals surface area contributed by atoms with Crippen molar-refractivity contribution >= 4 is 5.91 Å². The van der Waals surface area contributed by atoms with Gasteiger partial charge in [0.05, 0.1) is 22.9 Å². The van der Waals surface area contributed by atoms with Gasteiger partial charge in [0, 0.05) is 12.3 Å². The molecule has 0 radical (unpaired) electrons. The highest BCUT2D eigenvalue weighted by Crippen LogP contribution is 2.25. The van der Waals surface area contributed by atoms with Gasteiger partial charge in [-0.1, -0.05) is 0 Å². The molecule has 0 aliphatic carbocycles. The van der Waals surface area contributed by atoms with Crippen LogP contribution in [-0.4, -0.2) is 34.4 Å². The highest BCUT2D eigenvalue weighted by atomic mass is 16.5. The van der Waals surface area contributed by atoms with Crippen molar-refractivity contribution in [3.8, 4) is 0 Å². The van der Waals surface area contributed by atoms with Crippen LogP contribution in [0.15, 0.2) is 0 Å². The second kappa shape index (κ2) is 4.14. The summed E-state index contributed by atoms with van der Waals surface area (Å²) in [6.45, 7) is 8.39. The number of carbonyl (C=O) groups is 1. The third-order valence-electron chi connectivity index (χ3n) is 3.64. The number of rotatable bonds is 2. The molecule has 2 heterocycles. The summed E-state index contributed by atoms with van der Waals surface area (Å²) in [6, 6.07) is 0. The van der Waals surface area contributed by atoms with Crippen LogP contribution in [0.2, 0.25) is 0 Å². The van der Waals surface area contributed by atoms with Crippen LogP contribution in [-0.2, 0) is 4.74 Å². The number of aromatic nitrogens is 2. The van der Waals surface area contributed by atoms with E-state index in [1.165, 1.54) is 0 Å². The van der Waals surface area contributed by atoms with E-state index in [-0.39, 0.29) is 17.6 Å². The van der Waals surface area contributed by atoms with Crippen molar-refractivity contribution in [2.45, 2.75) is 45.8 Å². The number of nitrogens with zero attached hydrogens (tertiary/aromatic N) is 1. The van der Waals surface area contributed by atoms with Gasteiger partial charge < -0.3 is 10.1 Å². The van der Waals surface area contributed by atoms with Crippen molar-refractivity contribution in [1.29, 1.82) is 0 Å². The summed E-state index contributed by atoms with van der Waals surface area (Å²) >= 11 is 0. The SMILES string of the molecule is Cc1n[nH]c(C)c1C(=O)NC1(C)CCOC1C. The number of ether oxygens (including phenoxy) is 1. The van der Waals surface area contributed by atoms with Crippen molar-refractivity contribution in [3.05, 3.63) is 17.0 Å². The third-order valence-corrected chi connectivity index (χ3v) is 3.64. The van der Waals surface area contributed by atoms with Crippen molar-refractivity contribution in [1.82, 2.24) is 15.5 Å². The second-order valence-corrected chi connectivity index (χ2v) is 4.94. The lowest BCUT2D eigenvalue weighted by Gasteiger charge is -2.28. The first kappa shape index (κ1) is 12.1. The number of aromatic amines is 1. The molecule has 94 valence electrons. The van der Waals surface area contributed by atoms with E-state index in [4.69, 9.17) is 4.74 Å². The van der Waals surface area contributed by atoms with Crippen molar-refractivity contribution in [2.75, 3.05) is 6.61 Å². The summed E-state index contributed by atoms with van der Waals surface area (Å²) in [7, 11) is 0. The zero-order valence-electron chi connectivity index (χ0n) is 10.8. The average Bonchev–Trinajstić information content (AvgIpc) is 2.72. The average molecular weight is 237 g/mol. The molecular weight excluding hydrogens is 218 g/mol. The van der Waals surface area contributed by atoms with E-state index in [0.717, 1.165) is 17.8 Å². The minimum atomic E-state index is -0.284. The summed E-state index contributed by atoms with van der Waals surface area (Å²) in [4.78, 5) is 12.2. The largest absolute Gasteiger partial charge is 0.376 e. The molecule has 1 aliphatic rings. The fourth-order valence-corrected chi connectivity index (χ4v) is 2.21. The monoisotopic (exact) mass is 237 g/mol. The Labute approximate surface area is 101 Å². The molecule has 5 nitrogen and oxygen atoms in total. The lowest BCUT2D eigenvalue weighted by molar-refractivity contribution is 0.0726. The van der Waals surface area contributed by atoms with Gasteiger partial charge in [0.2, 0.25) is 0 Å². The minimum absolute atomic E-state index is 0.0407. The van der Waals surface area contributed by atoms with E-state index in [1.54, 1.807) is 0 Å². The van der Waals surface area contributed by atoms with E-state index >= 15 is 0 Å². The molecule has 0 saturated carbocycles. The van der Waals surface area contributed by atoms with Gasteiger partial charge in [0.15, 0.2) is 0 Å². The lowest BCUT2D eigenvalue weighted by Crippen LogP contribution is -2.50. The second-order valence-electron chi connectivity index (χ2n) is 4.94. The van der Waals surface area contributed by atoms with Gasteiger partial charge in [-0.2, -0.15) is 5.10 Å². The molecule has 0 spiro atoms. The Kier molecular flexibility index (Phi) is 2.95. The van der Waals surface area contributed by atoms with E-state index in [0.29, 0.717) is 12.2 Å². The summed E-state index contributed by atoms with van der Waals surface area (Å²) in [5.74, 6) is -0.0754. The predicted octanol–water partition coefficient (Wildman–Crippen LogP) is 1.32. The minimum Gasteiger partial charge on any atom is -0.376 e. The topological polar surface area (TPSA) is 67.0 Å². The highest BCUT2D eigenvalue weighted by molar-refractivity contribution is 5.96. The van der Waals surface area contributed by atoms with E-state index in [1.807, 2.05) is 27.7 Å². The molecule has 1 aromatic heterocycles. The first-order chi connectivity index (χ1) is 7.94. The number of aryl methyl sites for hydroxylation is 2. The van der Waals surface area contributed by atoms with Crippen LogP contribution >= 0.6 is 0 Å². The molecule has 2 N–H and O–H groups in total. The fraction of sp³-hybridized carbons (Fsp3) is 0.667. The van der Waals surface area contributed by atoms with Gasteiger partial charge in [0.1, 0.15) is 0 Å². The van der Waals surface area contributed by atoms with Crippen molar-refractivity contribution in [3.63, 3.8) is 0 Å². The molecule has 2 unspecified atom stereocenters. The number of hydrogen-bond donors (Lipinski definition) is 2. The molecule has 17 heavy (non-hydrogen) atoms. The first-order valence-electron chi connectivity index (χ1n) is 5.90. The standard InChI is InChI=1S/C12H19N3O2/c1-7-10(8(2)15-14-7)11(16)13-12(4)5-6-17-9(12)3/h9H,5-6H2,1-4H3,(H,13,16)(H,14,15). The maximum Gasteiger partial charge on any atom is 0.255 e. The van der Waals surface area contributed by atoms with Crippen molar-refractivity contribution < 1.29 is 9.53 Å². The predicted molar refractivity (Wildman–Crippen MR) is 64.0 cm³/mol. The van der Waals surface area contributed by atoms with E-state index in [9.17, 15) is 4.79 Å². The number of hydrogen-bond acceptors (Lipinski definition) is 3. The molecule has 1 aromatic rings. The van der Waals surface area contributed by atoms with Crippen LogP contribution in [0.5, 0.6) is 0 Å².